The summed E-state index contributed by atoms with van der Waals surface area (Å²) in [6.07, 6.45) is -9.92. The van der Waals surface area contributed by atoms with E-state index in [0.717, 1.165) is 36.7 Å². The van der Waals surface area contributed by atoms with Gasteiger partial charge in [-0.1, -0.05) is 24.3 Å². The molecule has 3 aromatic rings. The maximum Gasteiger partial charge on any atom is 0.490 e. The molecule has 212 valence electrons. The van der Waals surface area contributed by atoms with Crippen LogP contribution in [0.5, 0.6) is 0 Å². The normalized spacial score (nSPS) is 20.9. The van der Waals surface area contributed by atoms with Crippen LogP contribution >= 0.6 is 0 Å². The molecule has 0 bridgehead atoms. The Bertz CT molecular complexity index is 1270. The molecule has 3 atom stereocenters. The molecule has 0 saturated carbocycles. The molecular weight excluding hydrogens is 542 g/mol. The highest BCUT2D eigenvalue weighted by Crippen LogP contribution is 2.39. The topological polar surface area (TPSA) is 139 Å². The average molecular weight is 564 g/mol. The van der Waals surface area contributed by atoms with E-state index in [4.69, 9.17) is 33.9 Å². The first kappa shape index (κ1) is 29.8. The van der Waals surface area contributed by atoms with E-state index >= 15 is 0 Å². The first-order valence-corrected chi connectivity index (χ1v) is 11.2. The SMILES string of the molecule is Cc1nnc([C@@H]2CO[C@@H]3CN(Cc4ccc5ccccc5n4)C[C@@H]32)o1.O=C(O)C(F)(F)F.O=C(O)C(F)(F)F. The van der Waals surface area contributed by atoms with Crippen molar-refractivity contribution in [1.29, 1.82) is 0 Å². The number of alkyl halides is 6. The van der Waals surface area contributed by atoms with Crippen LogP contribution in [0.25, 0.3) is 10.9 Å². The second kappa shape index (κ2) is 11.9. The standard InChI is InChI=1S/C19H20N4O2.2C2HF3O2/c1-12-21-22-19(25-12)16-11-24-18-10-23(9-15(16)18)8-14-7-6-13-4-2-3-5-17(13)20-14;2*3-2(4,5)1(6)7/h2-7,15-16,18H,8-11H2,1H3;2*(H,6,7)/t15-,16-,18-;;/m1../s1. The van der Waals surface area contributed by atoms with Gasteiger partial charge >= 0.3 is 24.3 Å². The highest BCUT2D eigenvalue weighted by atomic mass is 19.4. The van der Waals surface area contributed by atoms with Crippen molar-refractivity contribution >= 4 is 22.8 Å². The molecule has 2 aromatic heterocycles. The summed E-state index contributed by atoms with van der Waals surface area (Å²) in [5.74, 6) is -3.55. The number of carbonyl (C=O) groups is 2. The van der Waals surface area contributed by atoms with Crippen LogP contribution in [0.3, 0.4) is 0 Å². The van der Waals surface area contributed by atoms with E-state index in [1.165, 1.54) is 5.39 Å². The number of aliphatic carboxylic acids is 2. The minimum atomic E-state index is -5.08. The number of fused-ring (bicyclic) bond motifs is 2. The van der Waals surface area contributed by atoms with Crippen molar-refractivity contribution in [3.05, 3.63) is 53.9 Å². The van der Waals surface area contributed by atoms with Gasteiger partial charge in [0.15, 0.2) is 0 Å². The fourth-order valence-corrected chi connectivity index (χ4v) is 4.06. The van der Waals surface area contributed by atoms with E-state index in [9.17, 15) is 26.3 Å². The molecule has 2 aliphatic rings. The third-order valence-corrected chi connectivity index (χ3v) is 5.78. The molecule has 0 unspecified atom stereocenters. The number of aromatic nitrogens is 3. The number of pyridine rings is 1. The molecule has 10 nitrogen and oxygen atoms in total. The lowest BCUT2D eigenvalue weighted by molar-refractivity contribution is -0.193. The summed E-state index contributed by atoms with van der Waals surface area (Å²) in [6, 6.07) is 12.5. The predicted octanol–water partition coefficient (Wildman–Crippen LogP) is 3.81. The fourth-order valence-electron chi connectivity index (χ4n) is 4.06. The molecule has 2 fully saturated rings. The number of benzene rings is 1. The van der Waals surface area contributed by atoms with Crippen LogP contribution in [0, 0.1) is 12.8 Å². The number of hydrogen-bond acceptors (Lipinski definition) is 8. The minimum absolute atomic E-state index is 0.209. The molecule has 1 aromatic carbocycles. The first-order valence-electron chi connectivity index (χ1n) is 11.2. The molecule has 4 heterocycles. The first-order chi connectivity index (χ1) is 18.1. The molecule has 2 saturated heterocycles. The Morgan fingerprint density at radius 3 is 2.15 bits per heavy atom. The van der Waals surface area contributed by atoms with Gasteiger partial charge < -0.3 is 19.4 Å². The zero-order valence-electron chi connectivity index (χ0n) is 20.1. The molecule has 39 heavy (non-hydrogen) atoms. The van der Waals surface area contributed by atoms with Crippen LogP contribution in [0.4, 0.5) is 26.3 Å². The highest BCUT2D eigenvalue weighted by Gasteiger charge is 2.46. The van der Waals surface area contributed by atoms with Crippen molar-refractivity contribution in [2.24, 2.45) is 5.92 Å². The van der Waals surface area contributed by atoms with Crippen LogP contribution < -0.4 is 0 Å². The van der Waals surface area contributed by atoms with Gasteiger partial charge in [0.1, 0.15) is 0 Å². The summed E-state index contributed by atoms with van der Waals surface area (Å²) in [4.78, 5) is 25.0. The minimum Gasteiger partial charge on any atom is -0.475 e. The Balaban J connectivity index is 0.000000251. The van der Waals surface area contributed by atoms with Gasteiger partial charge in [-0.2, -0.15) is 26.3 Å². The number of halogens is 6. The number of rotatable bonds is 3. The van der Waals surface area contributed by atoms with Gasteiger partial charge in [0, 0.05) is 37.9 Å². The van der Waals surface area contributed by atoms with Gasteiger partial charge in [-0.25, -0.2) is 9.59 Å². The van der Waals surface area contributed by atoms with Crippen LogP contribution in [0.2, 0.25) is 0 Å². The van der Waals surface area contributed by atoms with Gasteiger partial charge in [0.25, 0.3) is 0 Å². The van der Waals surface area contributed by atoms with Crippen molar-refractivity contribution in [3.8, 4) is 0 Å². The summed E-state index contributed by atoms with van der Waals surface area (Å²) < 4.78 is 75.1. The van der Waals surface area contributed by atoms with Gasteiger partial charge in [-0.05, 0) is 12.1 Å². The van der Waals surface area contributed by atoms with Gasteiger partial charge in [0.05, 0.1) is 29.8 Å². The molecule has 0 amide bonds. The number of carboxylic acid groups (broad SMARTS) is 2. The predicted molar refractivity (Wildman–Crippen MR) is 119 cm³/mol. The zero-order chi connectivity index (χ0) is 29.0. The van der Waals surface area contributed by atoms with E-state index in [0.29, 0.717) is 18.4 Å². The summed E-state index contributed by atoms with van der Waals surface area (Å²) in [5.41, 5.74) is 2.15. The summed E-state index contributed by atoms with van der Waals surface area (Å²) in [6.45, 7) is 5.26. The van der Waals surface area contributed by atoms with Gasteiger partial charge in [0.2, 0.25) is 11.8 Å². The summed E-state index contributed by atoms with van der Waals surface area (Å²) >= 11 is 0. The number of aryl methyl sites for hydroxylation is 1. The fraction of sp³-hybridized carbons (Fsp3) is 0.435. The van der Waals surface area contributed by atoms with Crippen LogP contribution in [-0.2, 0) is 20.9 Å². The van der Waals surface area contributed by atoms with Crippen molar-refractivity contribution in [3.63, 3.8) is 0 Å². The van der Waals surface area contributed by atoms with Gasteiger partial charge in [-0.3, -0.25) is 9.88 Å². The Hall–Kier alpha value is -3.79. The molecule has 16 heteroatoms. The smallest absolute Gasteiger partial charge is 0.475 e. The van der Waals surface area contributed by atoms with E-state index < -0.39 is 24.3 Å². The molecule has 2 aliphatic heterocycles. The number of likely N-dealkylation sites (tertiary alicyclic amines) is 1. The third kappa shape index (κ3) is 8.10. The van der Waals surface area contributed by atoms with Crippen molar-refractivity contribution < 1.29 is 55.3 Å². The Labute approximate surface area is 216 Å². The monoisotopic (exact) mass is 564 g/mol. The van der Waals surface area contributed by atoms with E-state index in [2.05, 4.69) is 39.4 Å². The average Bonchev–Trinajstić information content (AvgIpc) is 3.54. The molecular formula is C23H22F6N4O6. The number of para-hydroxylation sites is 1. The van der Waals surface area contributed by atoms with Crippen molar-refractivity contribution in [2.75, 3.05) is 19.7 Å². The number of hydrogen-bond donors (Lipinski definition) is 2. The molecule has 0 aliphatic carbocycles. The number of ether oxygens (including phenoxy) is 1. The maximum absolute atomic E-state index is 10.6. The lowest BCUT2D eigenvalue weighted by Gasteiger charge is -2.18. The number of carboxylic acids is 2. The quantitative estimate of drug-likeness (QED) is 0.452. The van der Waals surface area contributed by atoms with Crippen LogP contribution in [0.1, 0.15) is 23.4 Å². The van der Waals surface area contributed by atoms with E-state index in [1.807, 2.05) is 19.1 Å². The highest BCUT2D eigenvalue weighted by molar-refractivity contribution is 5.78. The van der Waals surface area contributed by atoms with Crippen molar-refractivity contribution in [2.45, 2.75) is 37.8 Å². The molecule has 0 spiro atoms. The molecule has 2 N–H and O–H groups in total. The van der Waals surface area contributed by atoms with Crippen molar-refractivity contribution in [1.82, 2.24) is 20.1 Å². The lowest BCUT2D eigenvalue weighted by atomic mass is 9.93. The number of nitrogens with zero attached hydrogens (tertiary/aromatic N) is 4. The Kier molecular flexibility index (Phi) is 9.11. The Morgan fingerprint density at radius 2 is 1.59 bits per heavy atom. The Morgan fingerprint density at radius 1 is 0.974 bits per heavy atom. The largest absolute Gasteiger partial charge is 0.490 e. The zero-order valence-corrected chi connectivity index (χ0v) is 20.1. The van der Waals surface area contributed by atoms with Crippen LogP contribution in [0.15, 0.2) is 40.8 Å². The summed E-state index contributed by atoms with van der Waals surface area (Å²) in [7, 11) is 0. The summed E-state index contributed by atoms with van der Waals surface area (Å²) in [5, 5.41) is 23.6. The van der Waals surface area contributed by atoms with E-state index in [1.54, 1.807) is 0 Å². The van der Waals surface area contributed by atoms with Crippen LogP contribution in [-0.4, -0.2) is 80.4 Å². The molecule has 5 rings (SSSR count). The molecule has 0 radical (unpaired) electrons. The van der Waals surface area contributed by atoms with Gasteiger partial charge in [-0.15, -0.1) is 10.2 Å². The maximum atomic E-state index is 10.6. The second-order valence-electron chi connectivity index (χ2n) is 8.60. The lowest BCUT2D eigenvalue weighted by Crippen LogP contribution is -2.24. The van der Waals surface area contributed by atoms with E-state index in [-0.39, 0.29) is 12.0 Å². The second-order valence-corrected chi connectivity index (χ2v) is 8.60. The third-order valence-electron chi connectivity index (χ3n) is 5.78.